The van der Waals surface area contributed by atoms with Crippen molar-refractivity contribution in [2.45, 2.75) is 19.8 Å². The van der Waals surface area contributed by atoms with Crippen molar-refractivity contribution in [2.24, 2.45) is 0 Å². The molecule has 0 spiro atoms. The summed E-state index contributed by atoms with van der Waals surface area (Å²) in [6.07, 6.45) is 1.73. The van der Waals surface area contributed by atoms with Crippen molar-refractivity contribution >= 4 is 6.08 Å². The largest absolute Gasteiger partial charge is 0.207 e. The molecule has 12 heavy (non-hydrogen) atoms. The summed E-state index contributed by atoms with van der Waals surface area (Å²) in [5.74, 6) is 0.0977. The summed E-state index contributed by atoms with van der Waals surface area (Å²) in [7, 11) is 0. The van der Waals surface area contributed by atoms with E-state index in [1.807, 2.05) is 19.9 Å². The van der Waals surface area contributed by atoms with Crippen LogP contribution in [0.2, 0.25) is 0 Å². The Morgan fingerprint density at radius 3 is 2.58 bits per heavy atom. The van der Waals surface area contributed by atoms with Gasteiger partial charge in [-0.3, -0.25) is 0 Å². The van der Waals surface area contributed by atoms with Crippen LogP contribution in [-0.4, -0.2) is 0 Å². The molecule has 0 aromatic heterocycles. The van der Waals surface area contributed by atoms with Gasteiger partial charge in [-0.1, -0.05) is 32.6 Å². The minimum atomic E-state index is -0.129. The molecule has 0 aliphatic heterocycles. The lowest BCUT2D eigenvalue weighted by molar-refractivity contribution is 0.598. The molecule has 0 atom stereocenters. The SMILES string of the molecule is C=Cc1ccc(F)c(C(C)C)c1. The molecular formula is C11H13F. The first-order valence-corrected chi connectivity index (χ1v) is 4.07. The van der Waals surface area contributed by atoms with E-state index in [9.17, 15) is 4.39 Å². The maximum Gasteiger partial charge on any atom is 0.126 e. The van der Waals surface area contributed by atoms with E-state index >= 15 is 0 Å². The Labute approximate surface area is 72.7 Å². The highest BCUT2D eigenvalue weighted by Crippen LogP contribution is 2.19. The molecule has 1 heteroatoms. The molecule has 0 saturated carbocycles. The van der Waals surface area contributed by atoms with E-state index in [1.165, 1.54) is 6.07 Å². The van der Waals surface area contributed by atoms with E-state index in [1.54, 1.807) is 12.1 Å². The molecule has 0 nitrogen and oxygen atoms in total. The molecule has 0 saturated heterocycles. The molecule has 0 fully saturated rings. The molecule has 1 rings (SSSR count). The molecule has 64 valence electrons. The fourth-order valence-electron chi connectivity index (χ4n) is 1.13. The predicted octanol–water partition coefficient (Wildman–Crippen LogP) is 3.59. The van der Waals surface area contributed by atoms with E-state index in [4.69, 9.17) is 0 Å². The molecule has 0 bridgehead atoms. The summed E-state index contributed by atoms with van der Waals surface area (Å²) in [5, 5.41) is 0. The summed E-state index contributed by atoms with van der Waals surface area (Å²) in [6.45, 7) is 7.59. The molecule has 0 heterocycles. The second kappa shape index (κ2) is 3.53. The number of benzene rings is 1. The Bertz CT molecular complexity index is 287. The van der Waals surface area contributed by atoms with E-state index in [2.05, 4.69) is 6.58 Å². The van der Waals surface area contributed by atoms with Crippen molar-refractivity contribution in [3.05, 3.63) is 41.7 Å². The summed E-state index contributed by atoms with van der Waals surface area (Å²) in [5.41, 5.74) is 1.73. The maximum absolute atomic E-state index is 13.1. The zero-order valence-corrected chi connectivity index (χ0v) is 7.47. The monoisotopic (exact) mass is 164 g/mol. The van der Waals surface area contributed by atoms with Crippen molar-refractivity contribution in [3.63, 3.8) is 0 Å². The van der Waals surface area contributed by atoms with Crippen LogP contribution < -0.4 is 0 Å². The Hall–Kier alpha value is -1.11. The van der Waals surface area contributed by atoms with Gasteiger partial charge in [0.1, 0.15) is 5.82 Å². The molecule has 1 aromatic rings. The van der Waals surface area contributed by atoms with Gasteiger partial charge in [0.15, 0.2) is 0 Å². The van der Waals surface area contributed by atoms with Crippen LogP contribution in [0, 0.1) is 5.82 Å². The van der Waals surface area contributed by atoms with Crippen molar-refractivity contribution in [2.75, 3.05) is 0 Å². The first-order valence-electron chi connectivity index (χ1n) is 4.07. The number of rotatable bonds is 2. The van der Waals surface area contributed by atoms with Crippen LogP contribution in [0.4, 0.5) is 4.39 Å². The Balaban J connectivity index is 3.16. The van der Waals surface area contributed by atoms with Gasteiger partial charge in [-0.05, 0) is 29.2 Å². The summed E-state index contributed by atoms with van der Waals surface area (Å²) in [4.78, 5) is 0. The van der Waals surface area contributed by atoms with Crippen LogP contribution >= 0.6 is 0 Å². The fraction of sp³-hybridized carbons (Fsp3) is 0.273. The Morgan fingerprint density at radius 2 is 2.08 bits per heavy atom. The lowest BCUT2D eigenvalue weighted by Gasteiger charge is -2.07. The highest BCUT2D eigenvalue weighted by molar-refractivity contribution is 5.48. The van der Waals surface area contributed by atoms with Crippen LogP contribution in [0.3, 0.4) is 0 Å². The standard InChI is InChI=1S/C11H13F/c1-4-9-5-6-11(12)10(7-9)8(2)3/h4-8H,1H2,2-3H3. The van der Waals surface area contributed by atoms with Gasteiger partial charge in [-0.25, -0.2) is 4.39 Å². The third-order valence-electron chi connectivity index (χ3n) is 1.88. The molecule has 0 radical (unpaired) electrons. The molecule has 0 aliphatic rings. The van der Waals surface area contributed by atoms with Crippen molar-refractivity contribution < 1.29 is 4.39 Å². The third kappa shape index (κ3) is 1.73. The Kier molecular flexibility index (Phi) is 2.64. The average Bonchev–Trinajstić information content (AvgIpc) is 2.05. The zero-order chi connectivity index (χ0) is 9.14. The number of hydrogen-bond donors (Lipinski definition) is 0. The topological polar surface area (TPSA) is 0 Å². The van der Waals surface area contributed by atoms with E-state index in [-0.39, 0.29) is 11.7 Å². The summed E-state index contributed by atoms with van der Waals surface area (Å²) in [6, 6.07) is 5.06. The van der Waals surface area contributed by atoms with Crippen molar-refractivity contribution in [1.82, 2.24) is 0 Å². The van der Waals surface area contributed by atoms with Gasteiger partial charge in [-0.2, -0.15) is 0 Å². The second-order valence-electron chi connectivity index (χ2n) is 3.14. The molecule has 0 unspecified atom stereocenters. The maximum atomic E-state index is 13.1. The van der Waals surface area contributed by atoms with E-state index in [0.717, 1.165) is 11.1 Å². The quantitative estimate of drug-likeness (QED) is 0.626. The number of halogens is 1. The van der Waals surface area contributed by atoms with Gasteiger partial charge < -0.3 is 0 Å². The first-order chi connectivity index (χ1) is 5.65. The van der Waals surface area contributed by atoms with E-state index in [0.29, 0.717) is 0 Å². The van der Waals surface area contributed by atoms with Crippen LogP contribution in [0.15, 0.2) is 24.8 Å². The Morgan fingerprint density at radius 1 is 1.42 bits per heavy atom. The van der Waals surface area contributed by atoms with Crippen molar-refractivity contribution in [1.29, 1.82) is 0 Å². The molecule has 0 amide bonds. The average molecular weight is 164 g/mol. The fourth-order valence-corrected chi connectivity index (χ4v) is 1.13. The van der Waals surface area contributed by atoms with Crippen molar-refractivity contribution in [3.8, 4) is 0 Å². The van der Waals surface area contributed by atoms with Crippen LogP contribution in [-0.2, 0) is 0 Å². The molecule has 0 aliphatic carbocycles. The summed E-state index contributed by atoms with van der Waals surface area (Å²) >= 11 is 0. The van der Waals surface area contributed by atoms with Crippen LogP contribution in [0.5, 0.6) is 0 Å². The van der Waals surface area contributed by atoms with Crippen LogP contribution in [0.25, 0.3) is 6.08 Å². The van der Waals surface area contributed by atoms with Gasteiger partial charge >= 0.3 is 0 Å². The lowest BCUT2D eigenvalue weighted by Crippen LogP contribution is -1.92. The predicted molar refractivity (Wildman–Crippen MR) is 50.6 cm³/mol. The molecular weight excluding hydrogens is 151 g/mol. The molecule has 1 aromatic carbocycles. The van der Waals surface area contributed by atoms with Gasteiger partial charge in [-0.15, -0.1) is 0 Å². The number of hydrogen-bond acceptors (Lipinski definition) is 0. The minimum Gasteiger partial charge on any atom is -0.207 e. The molecule has 0 N–H and O–H groups in total. The van der Waals surface area contributed by atoms with Gasteiger partial charge in [0.25, 0.3) is 0 Å². The first kappa shape index (κ1) is 8.98. The summed E-state index contributed by atoms with van der Waals surface area (Å²) < 4.78 is 13.1. The normalized spacial score (nSPS) is 10.3. The second-order valence-corrected chi connectivity index (χ2v) is 3.14. The van der Waals surface area contributed by atoms with E-state index < -0.39 is 0 Å². The highest BCUT2D eigenvalue weighted by Gasteiger charge is 2.05. The highest BCUT2D eigenvalue weighted by atomic mass is 19.1. The lowest BCUT2D eigenvalue weighted by atomic mass is 10.0. The zero-order valence-electron chi connectivity index (χ0n) is 7.47. The smallest absolute Gasteiger partial charge is 0.126 e. The van der Waals surface area contributed by atoms with Gasteiger partial charge in [0.2, 0.25) is 0 Å². The van der Waals surface area contributed by atoms with Gasteiger partial charge in [0.05, 0.1) is 0 Å². The minimum absolute atomic E-state index is 0.129. The van der Waals surface area contributed by atoms with Gasteiger partial charge in [0, 0.05) is 0 Å². The third-order valence-corrected chi connectivity index (χ3v) is 1.88. The van der Waals surface area contributed by atoms with Crippen LogP contribution in [0.1, 0.15) is 30.9 Å².